The van der Waals surface area contributed by atoms with Gasteiger partial charge in [0.25, 0.3) is 5.91 Å². The Kier molecular flexibility index (Phi) is 5.86. The number of para-hydroxylation sites is 1. The van der Waals surface area contributed by atoms with Crippen LogP contribution in [0, 0.1) is 0 Å². The first-order valence-electron chi connectivity index (χ1n) is 8.53. The maximum atomic E-state index is 12.8. The molecule has 0 spiro atoms. The molecule has 1 atom stereocenters. The van der Waals surface area contributed by atoms with Gasteiger partial charge in [-0.2, -0.15) is 4.98 Å². The van der Waals surface area contributed by atoms with Crippen molar-refractivity contribution in [2.45, 2.75) is 25.3 Å². The van der Waals surface area contributed by atoms with Crippen molar-refractivity contribution in [3.8, 4) is 17.6 Å². The number of methoxy groups -OCH3 is 1. The third-order valence-electron chi connectivity index (χ3n) is 4.09. The van der Waals surface area contributed by atoms with Crippen LogP contribution in [0.1, 0.15) is 23.2 Å². The van der Waals surface area contributed by atoms with Crippen molar-refractivity contribution in [3.63, 3.8) is 0 Å². The Balaban J connectivity index is 1.71. The highest BCUT2D eigenvalue weighted by Gasteiger charge is 2.34. The molecule has 0 aliphatic carbocycles. The summed E-state index contributed by atoms with van der Waals surface area (Å²) in [7, 11) is 1.43. The van der Waals surface area contributed by atoms with Gasteiger partial charge < -0.3 is 19.1 Å². The minimum absolute atomic E-state index is 0.149. The molecule has 1 unspecified atom stereocenters. The number of hydrogen-bond donors (Lipinski definition) is 0. The Morgan fingerprint density at radius 3 is 2.79 bits per heavy atom. The van der Waals surface area contributed by atoms with Crippen LogP contribution in [0.2, 0.25) is 0 Å². The molecule has 2 aromatic rings. The highest BCUT2D eigenvalue weighted by Crippen LogP contribution is 2.28. The first kappa shape index (κ1) is 19.7. The Labute approximate surface area is 159 Å². The molecule has 0 bridgehead atoms. The van der Waals surface area contributed by atoms with E-state index >= 15 is 0 Å². The van der Waals surface area contributed by atoms with Crippen molar-refractivity contribution in [3.05, 3.63) is 42.1 Å². The quantitative estimate of drug-likeness (QED) is 0.772. The first-order chi connectivity index (χ1) is 13.4. The number of halogens is 3. The molecule has 7 nitrogen and oxygen atoms in total. The number of likely N-dealkylation sites (tertiary alicyclic amines) is 1. The Hall–Kier alpha value is -3.04. The van der Waals surface area contributed by atoms with Gasteiger partial charge in [-0.25, -0.2) is 4.98 Å². The van der Waals surface area contributed by atoms with Crippen LogP contribution >= 0.6 is 0 Å². The fraction of sp³-hybridized carbons (Fsp3) is 0.389. The van der Waals surface area contributed by atoms with Crippen LogP contribution in [-0.2, 0) is 0 Å². The number of rotatable bonds is 5. The summed E-state index contributed by atoms with van der Waals surface area (Å²) < 4.78 is 52.5. The first-order valence-corrected chi connectivity index (χ1v) is 8.53. The average molecular weight is 397 g/mol. The molecule has 1 aromatic carbocycles. The van der Waals surface area contributed by atoms with Crippen molar-refractivity contribution in [1.82, 2.24) is 14.9 Å². The van der Waals surface area contributed by atoms with Gasteiger partial charge in [-0.05, 0) is 25.0 Å². The lowest BCUT2D eigenvalue weighted by Crippen LogP contribution is -2.44. The number of ether oxygens (including phenoxy) is 3. The van der Waals surface area contributed by atoms with E-state index in [0.717, 1.165) is 6.07 Å². The van der Waals surface area contributed by atoms with Gasteiger partial charge in [0, 0.05) is 18.8 Å². The lowest BCUT2D eigenvalue weighted by Gasteiger charge is -2.33. The number of hydrogen-bond acceptors (Lipinski definition) is 6. The van der Waals surface area contributed by atoms with Crippen LogP contribution in [0.15, 0.2) is 36.5 Å². The molecule has 28 heavy (non-hydrogen) atoms. The molecule has 3 rings (SSSR count). The number of benzene rings is 1. The molecular weight excluding hydrogens is 379 g/mol. The maximum absolute atomic E-state index is 12.8. The van der Waals surface area contributed by atoms with E-state index in [-0.39, 0.29) is 24.2 Å². The lowest BCUT2D eigenvalue weighted by molar-refractivity contribution is -0.274. The van der Waals surface area contributed by atoms with Gasteiger partial charge in [-0.3, -0.25) is 4.79 Å². The second-order valence-corrected chi connectivity index (χ2v) is 6.06. The van der Waals surface area contributed by atoms with E-state index in [1.807, 2.05) is 0 Å². The molecule has 1 fully saturated rings. The third-order valence-corrected chi connectivity index (χ3v) is 4.09. The second-order valence-electron chi connectivity index (χ2n) is 6.06. The predicted molar refractivity (Wildman–Crippen MR) is 91.3 cm³/mol. The molecule has 1 saturated heterocycles. The summed E-state index contributed by atoms with van der Waals surface area (Å²) in [5.41, 5.74) is -0.149. The molecule has 1 aromatic heterocycles. The summed E-state index contributed by atoms with van der Waals surface area (Å²) in [6, 6.07) is 7.01. The van der Waals surface area contributed by atoms with Crippen LogP contribution in [-0.4, -0.2) is 53.4 Å². The molecule has 1 aliphatic heterocycles. The monoisotopic (exact) mass is 397 g/mol. The van der Waals surface area contributed by atoms with Gasteiger partial charge in [0.05, 0.1) is 19.2 Å². The van der Waals surface area contributed by atoms with E-state index in [1.165, 1.54) is 36.4 Å². The van der Waals surface area contributed by atoms with Gasteiger partial charge >= 0.3 is 12.4 Å². The summed E-state index contributed by atoms with van der Waals surface area (Å²) in [4.78, 5) is 22.2. The summed E-state index contributed by atoms with van der Waals surface area (Å²) in [6.45, 7) is 0.623. The fourth-order valence-electron chi connectivity index (χ4n) is 2.91. The number of amides is 1. The van der Waals surface area contributed by atoms with Crippen LogP contribution in [0.3, 0.4) is 0 Å². The van der Waals surface area contributed by atoms with E-state index < -0.39 is 18.0 Å². The van der Waals surface area contributed by atoms with Gasteiger partial charge in [0.15, 0.2) is 0 Å². The molecule has 0 saturated carbocycles. The van der Waals surface area contributed by atoms with Crippen molar-refractivity contribution in [1.29, 1.82) is 0 Å². The lowest BCUT2D eigenvalue weighted by atomic mass is 10.1. The molecular formula is C18H18F3N3O4. The second kappa shape index (κ2) is 8.32. The molecule has 0 N–H and O–H groups in total. The molecule has 150 valence electrons. The van der Waals surface area contributed by atoms with Crippen molar-refractivity contribution in [2.24, 2.45) is 0 Å². The van der Waals surface area contributed by atoms with E-state index in [2.05, 4.69) is 14.7 Å². The Bertz CT molecular complexity index is 832. The number of piperidine rings is 1. The van der Waals surface area contributed by atoms with Crippen molar-refractivity contribution < 1.29 is 32.2 Å². The predicted octanol–water partition coefficient (Wildman–Crippen LogP) is 3.07. The normalized spacial score (nSPS) is 17.1. The van der Waals surface area contributed by atoms with E-state index in [4.69, 9.17) is 9.47 Å². The Morgan fingerprint density at radius 2 is 2.04 bits per heavy atom. The maximum Gasteiger partial charge on any atom is 0.573 e. The van der Waals surface area contributed by atoms with Crippen molar-refractivity contribution >= 4 is 5.91 Å². The minimum atomic E-state index is -4.88. The number of carbonyl (C=O) groups excluding carboxylic acids is 1. The summed E-state index contributed by atoms with van der Waals surface area (Å²) in [5, 5.41) is 0. The molecule has 1 aliphatic rings. The summed E-state index contributed by atoms with van der Waals surface area (Å²) in [5.74, 6) is -0.774. The Morgan fingerprint density at radius 1 is 1.25 bits per heavy atom. The summed E-state index contributed by atoms with van der Waals surface area (Å²) in [6.07, 6.45) is -2.43. The van der Waals surface area contributed by atoms with E-state index in [0.29, 0.717) is 25.3 Å². The fourth-order valence-corrected chi connectivity index (χ4v) is 2.91. The number of aromatic nitrogens is 2. The topological polar surface area (TPSA) is 73.8 Å². The van der Waals surface area contributed by atoms with Crippen LogP contribution < -0.4 is 14.2 Å². The zero-order chi connectivity index (χ0) is 20.1. The zero-order valence-electron chi connectivity index (χ0n) is 15.0. The molecule has 2 heterocycles. The zero-order valence-corrected chi connectivity index (χ0v) is 15.0. The third kappa shape index (κ3) is 5.02. The largest absolute Gasteiger partial charge is 0.573 e. The number of carbonyl (C=O) groups is 1. The van der Waals surface area contributed by atoms with E-state index in [1.54, 1.807) is 6.07 Å². The van der Waals surface area contributed by atoms with Crippen molar-refractivity contribution in [2.75, 3.05) is 20.2 Å². The number of nitrogens with zero attached hydrogens (tertiary/aromatic N) is 3. The van der Waals surface area contributed by atoms with E-state index in [9.17, 15) is 18.0 Å². The smallest absolute Gasteiger partial charge is 0.472 e. The van der Waals surface area contributed by atoms with Gasteiger partial charge in [0.1, 0.15) is 11.9 Å². The van der Waals surface area contributed by atoms with Gasteiger partial charge in [0.2, 0.25) is 5.88 Å². The standard InChI is InChI=1S/C18H18F3N3O4/c1-26-17-22-9-8-15(23-17)27-12-5-4-10-24(11-12)16(25)13-6-2-3-7-14(13)28-18(19,20)21/h2-3,6-9,12H,4-5,10-11H2,1H3. The van der Waals surface area contributed by atoms with Crippen LogP contribution in [0.4, 0.5) is 13.2 Å². The average Bonchev–Trinajstić information content (AvgIpc) is 2.67. The molecule has 10 heteroatoms. The van der Waals surface area contributed by atoms with Gasteiger partial charge in [-0.15, -0.1) is 13.2 Å². The molecule has 1 amide bonds. The summed E-state index contributed by atoms with van der Waals surface area (Å²) >= 11 is 0. The minimum Gasteiger partial charge on any atom is -0.472 e. The van der Waals surface area contributed by atoms with Gasteiger partial charge in [-0.1, -0.05) is 12.1 Å². The van der Waals surface area contributed by atoms with Crippen LogP contribution in [0.25, 0.3) is 0 Å². The highest BCUT2D eigenvalue weighted by atomic mass is 19.4. The number of alkyl halides is 3. The van der Waals surface area contributed by atoms with Crippen LogP contribution in [0.5, 0.6) is 17.6 Å². The SMILES string of the molecule is COc1nccc(OC2CCCN(C(=O)c3ccccc3OC(F)(F)F)C2)n1. The molecule has 0 radical (unpaired) electrons. The highest BCUT2D eigenvalue weighted by molar-refractivity contribution is 5.97.